The molecule has 0 heterocycles. The SMILES string of the molecule is C[C@H](CCC(=O)O)[C@H]1C[C@H](O)[C@@]2(C)C3=CC[C@H]4C(C)(C)C(=O)CC[C@]4(C)C3=CC[C@]12C. The highest BCUT2D eigenvalue weighted by molar-refractivity contribution is 5.86. The molecule has 4 heteroatoms. The van der Waals surface area contributed by atoms with E-state index < -0.39 is 12.1 Å². The first-order chi connectivity index (χ1) is 14.3. The molecule has 0 bridgehead atoms. The lowest BCUT2D eigenvalue weighted by Crippen LogP contribution is -2.54. The lowest BCUT2D eigenvalue weighted by atomic mass is 9.44. The molecule has 2 saturated carbocycles. The third kappa shape index (κ3) is 2.89. The Morgan fingerprint density at radius 1 is 1.16 bits per heavy atom. The van der Waals surface area contributed by atoms with Crippen molar-refractivity contribution in [2.24, 2.45) is 39.4 Å². The summed E-state index contributed by atoms with van der Waals surface area (Å²) in [5, 5.41) is 20.6. The average Bonchev–Trinajstić information content (AvgIpc) is 2.90. The minimum absolute atomic E-state index is 0.0292. The monoisotopic (exact) mass is 428 g/mol. The summed E-state index contributed by atoms with van der Waals surface area (Å²) >= 11 is 0. The van der Waals surface area contributed by atoms with Crippen LogP contribution >= 0.6 is 0 Å². The minimum atomic E-state index is -0.743. The Morgan fingerprint density at radius 2 is 1.84 bits per heavy atom. The smallest absolute Gasteiger partial charge is 0.303 e. The normalized spacial score (nSPS) is 44.5. The van der Waals surface area contributed by atoms with Crippen molar-refractivity contribution in [1.29, 1.82) is 0 Å². The molecule has 0 amide bonds. The van der Waals surface area contributed by atoms with E-state index in [9.17, 15) is 14.7 Å². The maximum atomic E-state index is 12.7. The highest BCUT2D eigenvalue weighted by Gasteiger charge is 2.66. The third-order valence-electron chi connectivity index (χ3n) is 10.6. The van der Waals surface area contributed by atoms with Gasteiger partial charge in [0.1, 0.15) is 5.78 Å². The van der Waals surface area contributed by atoms with Crippen molar-refractivity contribution in [3.63, 3.8) is 0 Å². The molecule has 0 aromatic heterocycles. The zero-order chi connectivity index (χ0) is 23.0. The standard InChI is InChI=1S/C27H40O4/c1-16(7-10-23(30)31)19-15-22(29)27(6)18-8-9-20-24(2,3)21(28)12-13-25(20,4)17(18)11-14-26(19,27)5/h8,11,16,19-20,22,29H,7,9-10,12-15H2,1-6H3,(H,30,31)/t16-,19-,20+,22+,25-,26-,27-/m1/s1. The van der Waals surface area contributed by atoms with Crippen molar-refractivity contribution in [2.45, 2.75) is 92.6 Å². The summed E-state index contributed by atoms with van der Waals surface area (Å²) in [5.41, 5.74) is 1.91. The molecule has 4 aliphatic rings. The van der Waals surface area contributed by atoms with E-state index in [2.05, 4.69) is 53.7 Å². The summed E-state index contributed by atoms with van der Waals surface area (Å²) in [7, 11) is 0. The maximum Gasteiger partial charge on any atom is 0.303 e. The predicted molar refractivity (Wildman–Crippen MR) is 121 cm³/mol. The van der Waals surface area contributed by atoms with Gasteiger partial charge >= 0.3 is 5.97 Å². The second-order valence-electron chi connectivity index (χ2n) is 12.2. The summed E-state index contributed by atoms with van der Waals surface area (Å²) in [6.07, 6.45) is 9.26. The number of rotatable bonds is 4. The van der Waals surface area contributed by atoms with E-state index >= 15 is 0 Å². The van der Waals surface area contributed by atoms with Crippen molar-refractivity contribution in [3.8, 4) is 0 Å². The number of aliphatic carboxylic acids is 1. The van der Waals surface area contributed by atoms with Crippen molar-refractivity contribution in [3.05, 3.63) is 23.3 Å². The van der Waals surface area contributed by atoms with Crippen molar-refractivity contribution >= 4 is 11.8 Å². The number of ketones is 1. The Kier molecular flexibility index (Phi) is 5.17. The van der Waals surface area contributed by atoms with Crippen LogP contribution in [0.5, 0.6) is 0 Å². The van der Waals surface area contributed by atoms with Crippen LogP contribution in [0.15, 0.2) is 23.3 Å². The predicted octanol–water partition coefficient (Wildman–Crippen LogP) is 5.55. The van der Waals surface area contributed by atoms with Crippen LogP contribution < -0.4 is 0 Å². The van der Waals surface area contributed by atoms with Crippen LogP contribution in [-0.2, 0) is 9.59 Å². The quantitative estimate of drug-likeness (QED) is 0.615. The van der Waals surface area contributed by atoms with Gasteiger partial charge in [-0.1, -0.05) is 53.7 Å². The molecule has 4 nitrogen and oxygen atoms in total. The first-order valence-electron chi connectivity index (χ1n) is 12.1. The van der Waals surface area contributed by atoms with E-state index in [1.54, 1.807) is 0 Å². The molecule has 0 aliphatic heterocycles. The Morgan fingerprint density at radius 3 is 2.48 bits per heavy atom. The van der Waals surface area contributed by atoms with Gasteiger partial charge in [-0.05, 0) is 71.8 Å². The minimum Gasteiger partial charge on any atom is -0.481 e. The highest BCUT2D eigenvalue weighted by Crippen LogP contribution is 2.71. The second kappa shape index (κ2) is 7.04. The molecule has 0 spiro atoms. The van der Waals surface area contributed by atoms with Gasteiger partial charge in [-0.25, -0.2) is 0 Å². The molecule has 0 aromatic carbocycles. The average molecular weight is 429 g/mol. The van der Waals surface area contributed by atoms with Gasteiger partial charge in [-0.2, -0.15) is 0 Å². The number of aliphatic hydroxyl groups excluding tert-OH is 1. The second-order valence-corrected chi connectivity index (χ2v) is 12.2. The summed E-state index contributed by atoms with van der Waals surface area (Å²) in [4.78, 5) is 23.9. The van der Waals surface area contributed by atoms with Crippen LogP contribution in [0.1, 0.15) is 86.5 Å². The van der Waals surface area contributed by atoms with E-state index in [1.807, 2.05) is 0 Å². The number of fused-ring (bicyclic) bond motifs is 5. The fourth-order valence-corrected chi connectivity index (χ4v) is 8.30. The zero-order valence-corrected chi connectivity index (χ0v) is 20.1. The number of carboxylic acids is 1. The molecule has 7 atom stereocenters. The largest absolute Gasteiger partial charge is 0.481 e. The molecule has 0 aromatic rings. The number of carboxylic acid groups (broad SMARTS) is 1. The van der Waals surface area contributed by atoms with Crippen LogP contribution in [0.2, 0.25) is 0 Å². The molecule has 0 radical (unpaired) electrons. The summed E-state index contributed by atoms with van der Waals surface area (Å²) in [6.45, 7) is 13.3. The van der Waals surface area contributed by atoms with E-state index in [4.69, 9.17) is 5.11 Å². The van der Waals surface area contributed by atoms with Gasteiger partial charge in [0.25, 0.3) is 0 Å². The Hall–Kier alpha value is -1.42. The van der Waals surface area contributed by atoms with Gasteiger partial charge < -0.3 is 10.2 Å². The number of hydrogen-bond donors (Lipinski definition) is 2. The fraction of sp³-hybridized carbons (Fsp3) is 0.778. The first-order valence-corrected chi connectivity index (χ1v) is 12.1. The number of carbonyl (C=O) groups excluding carboxylic acids is 1. The van der Waals surface area contributed by atoms with Crippen LogP contribution in [0.25, 0.3) is 0 Å². The molecule has 172 valence electrons. The Labute approximate surface area is 187 Å². The van der Waals surface area contributed by atoms with E-state index in [0.29, 0.717) is 30.5 Å². The Balaban J connectivity index is 1.75. The third-order valence-corrected chi connectivity index (χ3v) is 10.6. The fourth-order valence-electron chi connectivity index (χ4n) is 8.30. The van der Waals surface area contributed by atoms with Gasteiger partial charge in [0.2, 0.25) is 0 Å². The van der Waals surface area contributed by atoms with Crippen LogP contribution in [0.4, 0.5) is 0 Å². The first kappa shape index (κ1) is 22.8. The molecule has 31 heavy (non-hydrogen) atoms. The van der Waals surface area contributed by atoms with E-state index in [0.717, 1.165) is 25.7 Å². The lowest BCUT2D eigenvalue weighted by Gasteiger charge is -2.60. The van der Waals surface area contributed by atoms with Crippen LogP contribution in [-0.4, -0.2) is 28.1 Å². The number of allylic oxidation sites excluding steroid dienone is 3. The molecule has 0 unspecified atom stereocenters. The number of aliphatic hydroxyl groups is 1. The number of carbonyl (C=O) groups is 2. The number of Topliss-reactive ketones (excluding diaryl/α,β-unsaturated/α-hetero) is 1. The molecule has 4 aliphatic carbocycles. The van der Waals surface area contributed by atoms with Crippen molar-refractivity contribution in [2.75, 3.05) is 0 Å². The molecule has 2 fully saturated rings. The lowest BCUT2D eigenvalue weighted by molar-refractivity contribution is -0.138. The summed E-state index contributed by atoms with van der Waals surface area (Å²) in [6, 6.07) is 0. The molecule has 2 N–H and O–H groups in total. The van der Waals surface area contributed by atoms with E-state index in [-0.39, 0.29) is 34.0 Å². The molecular formula is C27H40O4. The van der Waals surface area contributed by atoms with Gasteiger partial charge in [0, 0.05) is 23.7 Å². The topological polar surface area (TPSA) is 74.6 Å². The van der Waals surface area contributed by atoms with Crippen LogP contribution in [0, 0.1) is 39.4 Å². The highest BCUT2D eigenvalue weighted by atomic mass is 16.4. The van der Waals surface area contributed by atoms with Crippen molar-refractivity contribution in [1.82, 2.24) is 0 Å². The van der Waals surface area contributed by atoms with Crippen molar-refractivity contribution < 1.29 is 19.8 Å². The van der Waals surface area contributed by atoms with E-state index in [1.165, 1.54) is 11.1 Å². The summed E-state index contributed by atoms with van der Waals surface area (Å²) < 4.78 is 0. The maximum absolute atomic E-state index is 12.7. The Bertz CT molecular complexity index is 866. The number of hydrogen-bond acceptors (Lipinski definition) is 3. The molecule has 0 saturated heterocycles. The zero-order valence-electron chi connectivity index (χ0n) is 20.1. The van der Waals surface area contributed by atoms with Crippen LogP contribution in [0.3, 0.4) is 0 Å². The van der Waals surface area contributed by atoms with Gasteiger partial charge in [-0.3, -0.25) is 9.59 Å². The van der Waals surface area contributed by atoms with Gasteiger partial charge in [0.05, 0.1) is 6.10 Å². The van der Waals surface area contributed by atoms with Gasteiger partial charge in [-0.15, -0.1) is 0 Å². The van der Waals surface area contributed by atoms with Gasteiger partial charge in [0.15, 0.2) is 0 Å². The summed E-state index contributed by atoms with van der Waals surface area (Å²) in [5.74, 6) is 0.486. The molecule has 4 rings (SSSR count). The molecular weight excluding hydrogens is 388 g/mol.